The van der Waals surface area contributed by atoms with E-state index in [2.05, 4.69) is 15.5 Å². The molecule has 1 N–H and O–H groups in total. The van der Waals surface area contributed by atoms with Gasteiger partial charge in [-0.25, -0.2) is 4.39 Å². The average molecular weight is 207 g/mol. The molecule has 2 aromatic rings. The van der Waals surface area contributed by atoms with Crippen molar-refractivity contribution in [3.63, 3.8) is 0 Å². The van der Waals surface area contributed by atoms with E-state index in [1.54, 1.807) is 19.1 Å². The topological polar surface area (TPSA) is 51.0 Å². The molecule has 1 aromatic heterocycles. The molecule has 0 aliphatic rings. The second-order valence-corrected chi connectivity index (χ2v) is 3.09. The van der Waals surface area contributed by atoms with Gasteiger partial charge in [-0.1, -0.05) is 5.16 Å². The van der Waals surface area contributed by atoms with Gasteiger partial charge in [-0.2, -0.15) is 4.98 Å². The first kappa shape index (κ1) is 9.64. The van der Waals surface area contributed by atoms with Crippen LogP contribution in [0.4, 0.5) is 10.1 Å². The van der Waals surface area contributed by atoms with E-state index in [1.165, 1.54) is 12.1 Å². The molecular weight excluding hydrogens is 197 g/mol. The molecule has 0 radical (unpaired) electrons. The third-order valence-electron chi connectivity index (χ3n) is 1.86. The van der Waals surface area contributed by atoms with Crippen molar-refractivity contribution in [2.24, 2.45) is 0 Å². The van der Waals surface area contributed by atoms with Gasteiger partial charge in [0, 0.05) is 12.6 Å². The zero-order chi connectivity index (χ0) is 10.7. The lowest BCUT2D eigenvalue weighted by atomic mass is 10.3. The maximum atomic E-state index is 12.6. The van der Waals surface area contributed by atoms with Crippen LogP contribution in [-0.2, 0) is 6.54 Å². The Balaban J connectivity index is 1.96. The number of hydrogen-bond acceptors (Lipinski definition) is 4. The van der Waals surface area contributed by atoms with Gasteiger partial charge in [0.2, 0.25) is 5.89 Å². The van der Waals surface area contributed by atoms with Crippen molar-refractivity contribution in [3.8, 4) is 0 Å². The summed E-state index contributed by atoms with van der Waals surface area (Å²) in [7, 11) is 0. The Morgan fingerprint density at radius 3 is 2.67 bits per heavy atom. The van der Waals surface area contributed by atoms with Crippen LogP contribution in [-0.4, -0.2) is 10.1 Å². The van der Waals surface area contributed by atoms with Crippen LogP contribution in [0.2, 0.25) is 0 Å². The van der Waals surface area contributed by atoms with Crippen LogP contribution in [0.15, 0.2) is 28.8 Å². The van der Waals surface area contributed by atoms with Crippen molar-refractivity contribution in [3.05, 3.63) is 41.8 Å². The van der Waals surface area contributed by atoms with Crippen molar-refractivity contribution in [2.75, 3.05) is 5.32 Å². The monoisotopic (exact) mass is 207 g/mol. The molecule has 78 valence electrons. The van der Waals surface area contributed by atoms with Crippen LogP contribution in [0.3, 0.4) is 0 Å². The number of rotatable bonds is 3. The van der Waals surface area contributed by atoms with E-state index >= 15 is 0 Å². The number of anilines is 1. The van der Waals surface area contributed by atoms with Crippen molar-refractivity contribution >= 4 is 5.69 Å². The van der Waals surface area contributed by atoms with Crippen molar-refractivity contribution in [1.29, 1.82) is 0 Å². The second-order valence-electron chi connectivity index (χ2n) is 3.09. The Bertz CT molecular complexity index is 438. The zero-order valence-corrected chi connectivity index (χ0v) is 8.20. The highest BCUT2D eigenvalue weighted by Crippen LogP contribution is 2.09. The minimum atomic E-state index is -0.254. The molecule has 0 aliphatic carbocycles. The van der Waals surface area contributed by atoms with Crippen molar-refractivity contribution in [2.45, 2.75) is 13.5 Å². The third-order valence-corrected chi connectivity index (χ3v) is 1.86. The summed E-state index contributed by atoms with van der Waals surface area (Å²) in [5.41, 5.74) is 0.818. The lowest BCUT2D eigenvalue weighted by molar-refractivity contribution is 0.388. The summed E-state index contributed by atoms with van der Waals surface area (Å²) in [5, 5.41) is 6.78. The van der Waals surface area contributed by atoms with Crippen LogP contribution in [0.25, 0.3) is 0 Å². The van der Waals surface area contributed by atoms with Crippen LogP contribution in [0.5, 0.6) is 0 Å². The molecule has 1 heterocycles. The molecular formula is C10H10FN3O. The maximum absolute atomic E-state index is 12.6. The SMILES string of the molecule is Cc1nc(CNc2ccc(F)cc2)no1. The molecule has 5 heteroatoms. The number of hydrogen-bond donors (Lipinski definition) is 1. The van der Waals surface area contributed by atoms with E-state index in [0.717, 1.165) is 5.69 Å². The molecule has 0 aliphatic heterocycles. The minimum Gasteiger partial charge on any atom is -0.378 e. The van der Waals surface area contributed by atoms with Gasteiger partial charge in [-0.3, -0.25) is 0 Å². The number of aromatic nitrogens is 2. The highest BCUT2D eigenvalue weighted by Gasteiger charge is 2.01. The van der Waals surface area contributed by atoms with Crippen molar-refractivity contribution < 1.29 is 8.91 Å². The fourth-order valence-corrected chi connectivity index (χ4v) is 1.16. The van der Waals surface area contributed by atoms with Gasteiger partial charge in [0.25, 0.3) is 0 Å². The van der Waals surface area contributed by atoms with E-state index in [9.17, 15) is 4.39 Å². The molecule has 0 saturated heterocycles. The summed E-state index contributed by atoms with van der Waals surface area (Å²) in [6.07, 6.45) is 0. The minimum absolute atomic E-state index is 0.254. The molecule has 0 spiro atoms. The Labute approximate surface area is 86.1 Å². The van der Waals surface area contributed by atoms with E-state index in [0.29, 0.717) is 18.3 Å². The molecule has 15 heavy (non-hydrogen) atoms. The number of nitrogens with zero attached hydrogens (tertiary/aromatic N) is 2. The van der Waals surface area contributed by atoms with E-state index < -0.39 is 0 Å². The maximum Gasteiger partial charge on any atom is 0.223 e. The molecule has 2 rings (SSSR count). The van der Waals surface area contributed by atoms with E-state index in [4.69, 9.17) is 4.52 Å². The molecule has 0 saturated carbocycles. The van der Waals surface area contributed by atoms with E-state index in [-0.39, 0.29) is 5.82 Å². The first-order chi connectivity index (χ1) is 7.24. The third kappa shape index (κ3) is 2.52. The largest absolute Gasteiger partial charge is 0.378 e. The Hall–Kier alpha value is -1.91. The summed E-state index contributed by atoms with van der Waals surface area (Å²) < 4.78 is 17.4. The lowest BCUT2D eigenvalue weighted by Crippen LogP contribution is -2.00. The van der Waals surface area contributed by atoms with Crippen molar-refractivity contribution in [1.82, 2.24) is 10.1 Å². The molecule has 4 nitrogen and oxygen atoms in total. The predicted octanol–water partition coefficient (Wildman–Crippen LogP) is 2.13. The number of aryl methyl sites for hydroxylation is 1. The normalized spacial score (nSPS) is 10.3. The van der Waals surface area contributed by atoms with Gasteiger partial charge in [0.05, 0.1) is 6.54 Å². The zero-order valence-electron chi connectivity index (χ0n) is 8.20. The van der Waals surface area contributed by atoms with Gasteiger partial charge >= 0.3 is 0 Å². The van der Waals surface area contributed by atoms with Gasteiger partial charge in [-0.05, 0) is 24.3 Å². The van der Waals surface area contributed by atoms with Gasteiger partial charge < -0.3 is 9.84 Å². The molecule has 0 unspecified atom stereocenters. The predicted molar refractivity (Wildman–Crippen MR) is 52.8 cm³/mol. The summed E-state index contributed by atoms with van der Waals surface area (Å²) >= 11 is 0. The average Bonchev–Trinajstić information content (AvgIpc) is 2.64. The second kappa shape index (κ2) is 4.08. The fraction of sp³-hybridized carbons (Fsp3) is 0.200. The van der Waals surface area contributed by atoms with Crippen LogP contribution >= 0.6 is 0 Å². The number of nitrogens with one attached hydrogen (secondary N) is 1. The standard InChI is InChI=1S/C10H10FN3O/c1-7-13-10(14-15-7)6-12-9-4-2-8(11)3-5-9/h2-5,12H,6H2,1H3. The van der Waals surface area contributed by atoms with Crippen LogP contribution < -0.4 is 5.32 Å². The van der Waals surface area contributed by atoms with E-state index in [1.807, 2.05) is 0 Å². The molecule has 0 fully saturated rings. The number of halogens is 1. The lowest BCUT2D eigenvalue weighted by Gasteiger charge is -2.02. The molecule has 0 atom stereocenters. The molecule has 0 bridgehead atoms. The smallest absolute Gasteiger partial charge is 0.223 e. The van der Waals surface area contributed by atoms with Crippen LogP contribution in [0.1, 0.15) is 11.7 Å². The Morgan fingerprint density at radius 2 is 2.07 bits per heavy atom. The summed E-state index contributed by atoms with van der Waals surface area (Å²) in [6.45, 7) is 2.19. The summed E-state index contributed by atoms with van der Waals surface area (Å²) in [4.78, 5) is 4.03. The molecule has 0 amide bonds. The first-order valence-electron chi connectivity index (χ1n) is 4.52. The van der Waals surface area contributed by atoms with Gasteiger partial charge in [0.1, 0.15) is 5.82 Å². The Kier molecular flexibility index (Phi) is 2.62. The number of benzene rings is 1. The first-order valence-corrected chi connectivity index (χ1v) is 4.52. The summed E-state index contributed by atoms with van der Waals surface area (Å²) in [5.74, 6) is 0.860. The highest BCUT2D eigenvalue weighted by molar-refractivity contribution is 5.42. The van der Waals surface area contributed by atoms with Gasteiger partial charge in [-0.15, -0.1) is 0 Å². The van der Waals surface area contributed by atoms with Crippen LogP contribution in [0, 0.1) is 12.7 Å². The summed E-state index contributed by atoms with van der Waals surface area (Å²) in [6, 6.07) is 6.10. The fourth-order valence-electron chi connectivity index (χ4n) is 1.16. The molecule has 1 aromatic carbocycles. The Morgan fingerprint density at radius 1 is 1.33 bits per heavy atom. The van der Waals surface area contributed by atoms with Gasteiger partial charge in [0.15, 0.2) is 5.82 Å². The highest BCUT2D eigenvalue weighted by atomic mass is 19.1. The quantitative estimate of drug-likeness (QED) is 0.837.